The van der Waals surface area contributed by atoms with Gasteiger partial charge in [0.05, 0.1) is 23.3 Å². The molecule has 0 bridgehead atoms. The summed E-state index contributed by atoms with van der Waals surface area (Å²) in [5, 5.41) is 13.1. The average molecular weight is 452 g/mol. The van der Waals surface area contributed by atoms with Crippen molar-refractivity contribution in [3.05, 3.63) is 66.4 Å². The number of nitrogens with zero attached hydrogens (tertiary/aromatic N) is 5. The van der Waals surface area contributed by atoms with Crippen LogP contribution in [-0.2, 0) is 6.18 Å². The number of rotatable bonds is 3. The van der Waals surface area contributed by atoms with Gasteiger partial charge in [-0.2, -0.15) is 22.7 Å². The molecule has 0 saturated heterocycles. The van der Waals surface area contributed by atoms with Crippen LogP contribution in [0.3, 0.4) is 0 Å². The molecule has 3 aromatic heterocycles. The summed E-state index contributed by atoms with van der Waals surface area (Å²) in [7, 11) is 0. The number of benzene rings is 1. The van der Waals surface area contributed by atoms with Crippen LogP contribution in [-0.4, -0.2) is 30.8 Å². The van der Waals surface area contributed by atoms with E-state index in [-0.39, 0.29) is 33.8 Å². The summed E-state index contributed by atoms with van der Waals surface area (Å²) in [6.07, 6.45) is -3.79. The second-order valence-electron chi connectivity index (χ2n) is 6.27. The Hall–Kier alpha value is -3.73. The minimum atomic E-state index is -4.67. The molecular weight excluding hydrogens is 442 g/mol. The minimum Gasteiger partial charge on any atom is -0.464 e. The summed E-state index contributed by atoms with van der Waals surface area (Å²) < 4.78 is 55.8. The number of fused-ring (bicyclic) bond motifs is 1. The smallest absolute Gasteiger partial charge is 0.434 e. The standard InChI is InChI=1S/C19H10ClF4N5O2/c20-29(18(30)31)10-3-4-13(21)12(8-10)15-9-28-16(26-15)6-5-14(27-28)11-2-1-7-25-17(11)19(22,23)24/h1-9H,(H,30,31). The zero-order chi connectivity index (χ0) is 22.3. The van der Waals surface area contributed by atoms with Crippen LogP contribution in [0.15, 0.2) is 54.9 Å². The van der Waals surface area contributed by atoms with Crippen molar-refractivity contribution in [3.63, 3.8) is 0 Å². The van der Waals surface area contributed by atoms with Crippen molar-refractivity contribution in [2.75, 3.05) is 4.42 Å². The molecule has 0 radical (unpaired) electrons. The zero-order valence-corrected chi connectivity index (χ0v) is 15.9. The first-order valence-electron chi connectivity index (χ1n) is 8.53. The molecule has 0 aliphatic rings. The number of hydrogen-bond acceptors (Lipinski definition) is 4. The van der Waals surface area contributed by atoms with E-state index in [1.165, 1.54) is 47.1 Å². The van der Waals surface area contributed by atoms with E-state index >= 15 is 0 Å². The van der Waals surface area contributed by atoms with Gasteiger partial charge in [-0.15, -0.1) is 0 Å². The number of carboxylic acid groups (broad SMARTS) is 1. The van der Waals surface area contributed by atoms with Gasteiger partial charge < -0.3 is 5.11 Å². The summed E-state index contributed by atoms with van der Waals surface area (Å²) in [4.78, 5) is 18.6. The predicted octanol–water partition coefficient (Wildman–Crippen LogP) is 5.25. The van der Waals surface area contributed by atoms with Crippen LogP contribution in [0, 0.1) is 5.82 Å². The lowest BCUT2D eigenvalue weighted by Crippen LogP contribution is -2.17. The molecule has 1 aromatic carbocycles. The third kappa shape index (κ3) is 3.87. The fourth-order valence-corrected chi connectivity index (χ4v) is 3.04. The van der Waals surface area contributed by atoms with Crippen LogP contribution in [0.5, 0.6) is 0 Å². The predicted molar refractivity (Wildman–Crippen MR) is 103 cm³/mol. The molecule has 31 heavy (non-hydrogen) atoms. The van der Waals surface area contributed by atoms with Crippen molar-refractivity contribution in [2.24, 2.45) is 0 Å². The van der Waals surface area contributed by atoms with E-state index in [1.807, 2.05) is 0 Å². The third-order valence-corrected chi connectivity index (χ3v) is 4.63. The normalized spacial score (nSPS) is 11.6. The van der Waals surface area contributed by atoms with Gasteiger partial charge >= 0.3 is 12.3 Å². The van der Waals surface area contributed by atoms with Crippen LogP contribution >= 0.6 is 11.8 Å². The molecule has 12 heteroatoms. The highest BCUT2D eigenvalue weighted by Gasteiger charge is 2.35. The third-order valence-electron chi connectivity index (χ3n) is 4.29. The maximum atomic E-state index is 14.4. The first-order valence-corrected chi connectivity index (χ1v) is 8.87. The monoisotopic (exact) mass is 451 g/mol. The molecule has 7 nitrogen and oxygen atoms in total. The maximum absolute atomic E-state index is 14.4. The lowest BCUT2D eigenvalue weighted by molar-refractivity contribution is -0.140. The van der Waals surface area contributed by atoms with E-state index < -0.39 is 23.8 Å². The summed E-state index contributed by atoms with van der Waals surface area (Å²) in [6.45, 7) is 0. The number of hydrogen-bond donors (Lipinski definition) is 1. The largest absolute Gasteiger partial charge is 0.464 e. The van der Waals surface area contributed by atoms with Crippen LogP contribution in [0.4, 0.5) is 28.0 Å². The molecule has 0 unspecified atom stereocenters. The van der Waals surface area contributed by atoms with E-state index in [0.717, 1.165) is 12.3 Å². The van der Waals surface area contributed by atoms with E-state index in [4.69, 9.17) is 16.9 Å². The van der Waals surface area contributed by atoms with Gasteiger partial charge in [0.15, 0.2) is 11.3 Å². The molecule has 3 heterocycles. The number of anilines is 1. The van der Waals surface area contributed by atoms with Gasteiger partial charge in [0.1, 0.15) is 5.82 Å². The Morgan fingerprint density at radius 3 is 2.58 bits per heavy atom. The van der Waals surface area contributed by atoms with Gasteiger partial charge in [0.2, 0.25) is 0 Å². The van der Waals surface area contributed by atoms with Crippen molar-refractivity contribution >= 4 is 29.2 Å². The minimum absolute atomic E-state index is 0.0103. The van der Waals surface area contributed by atoms with Crippen LogP contribution < -0.4 is 4.42 Å². The van der Waals surface area contributed by atoms with Gasteiger partial charge in [-0.25, -0.2) is 18.7 Å². The second-order valence-corrected chi connectivity index (χ2v) is 6.61. The Kier molecular flexibility index (Phi) is 4.97. The molecule has 1 N–H and O–H groups in total. The van der Waals surface area contributed by atoms with Gasteiger partial charge in [0.25, 0.3) is 0 Å². The van der Waals surface area contributed by atoms with Crippen molar-refractivity contribution in [1.29, 1.82) is 0 Å². The number of amides is 1. The van der Waals surface area contributed by atoms with Crippen LogP contribution in [0.2, 0.25) is 0 Å². The van der Waals surface area contributed by atoms with E-state index in [0.29, 0.717) is 4.42 Å². The quantitative estimate of drug-likeness (QED) is 0.339. The van der Waals surface area contributed by atoms with Gasteiger partial charge in [-0.1, -0.05) is 0 Å². The molecule has 4 rings (SSSR count). The lowest BCUT2D eigenvalue weighted by atomic mass is 10.1. The van der Waals surface area contributed by atoms with E-state index in [2.05, 4.69) is 15.1 Å². The summed E-state index contributed by atoms with van der Waals surface area (Å²) in [5.41, 5.74) is -1.07. The van der Waals surface area contributed by atoms with E-state index in [9.17, 15) is 22.4 Å². The number of pyridine rings is 1. The van der Waals surface area contributed by atoms with Crippen molar-refractivity contribution in [3.8, 4) is 22.5 Å². The molecule has 0 aliphatic carbocycles. The number of imidazole rings is 1. The van der Waals surface area contributed by atoms with Crippen LogP contribution in [0.25, 0.3) is 28.2 Å². The molecule has 0 atom stereocenters. The highest BCUT2D eigenvalue weighted by atomic mass is 35.5. The topological polar surface area (TPSA) is 83.6 Å². The SMILES string of the molecule is O=C(O)N(Cl)c1ccc(F)c(-c2cn3nc(-c4cccnc4C(F)(F)F)ccc3n2)c1. The number of carbonyl (C=O) groups is 1. The van der Waals surface area contributed by atoms with Crippen molar-refractivity contribution in [1.82, 2.24) is 19.6 Å². The molecular formula is C19H10ClF4N5O2. The molecule has 0 saturated carbocycles. The average Bonchev–Trinajstić information content (AvgIpc) is 3.16. The Morgan fingerprint density at radius 1 is 1.10 bits per heavy atom. The summed E-state index contributed by atoms with van der Waals surface area (Å²) in [6, 6.07) is 8.75. The van der Waals surface area contributed by atoms with Gasteiger partial charge in [-0.05, 0) is 42.5 Å². The Morgan fingerprint density at radius 2 is 1.87 bits per heavy atom. The highest BCUT2D eigenvalue weighted by Crippen LogP contribution is 2.35. The fourth-order valence-electron chi connectivity index (χ4n) is 2.94. The van der Waals surface area contributed by atoms with Crippen LogP contribution in [0.1, 0.15) is 5.69 Å². The second kappa shape index (κ2) is 7.51. The molecule has 4 aromatic rings. The Bertz CT molecular complexity index is 1310. The van der Waals surface area contributed by atoms with Gasteiger partial charge in [0, 0.05) is 29.1 Å². The first kappa shape index (κ1) is 20.5. The van der Waals surface area contributed by atoms with Crippen molar-refractivity contribution < 1.29 is 27.5 Å². The maximum Gasteiger partial charge on any atom is 0.434 e. The Balaban J connectivity index is 1.80. The molecule has 0 aliphatic heterocycles. The number of aromatic nitrogens is 4. The fraction of sp³-hybridized carbons (Fsp3) is 0.0526. The van der Waals surface area contributed by atoms with E-state index in [1.54, 1.807) is 0 Å². The summed E-state index contributed by atoms with van der Waals surface area (Å²) in [5.74, 6) is -0.700. The van der Waals surface area contributed by atoms with Gasteiger partial charge in [-0.3, -0.25) is 4.98 Å². The number of alkyl halides is 3. The first-order chi connectivity index (χ1) is 14.6. The molecule has 1 amide bonds. The van der Waals surface area contributed by atoms with Crippen molar-refractivity contribution in [2.45, 2.75) is 6.18 Å². The molecule has 158 valence electrons. The zero-order valence-electron chi connectivity index (χ0n) is 15.2. The Labute approximate surface area is 176 Å². The highest BCUT2D eigenvalue weighted by molar-refractivity contribution is 6.35. The summed E-state index contributed by atoms with van der Waals surface area (Å²) >= 11 is 5.65. The number of halogens is 5. The molecule has 0 fully saturated rings. The molecule has 0 spiro atoms. The lowest BCUT2D eigenvalue weighted by Gasteiger charge is -2.11.